The van der Waals surface area contributed by atoms with Crippen molar-refractivity contribution in [2.24, 2.45) is 0 Å². The van der Waals surface area contributed by atoms with Gasteiger partial charge in [0, 0.05) is 12.8 Å². The average Bonchev–Trinajstić information content (AvgIpc) is 3.17. The zero-order valence-electron chi connectivity index (χ0n) is 38.2. The van der Waals surface area contributed by atoms with Crippen LogP contribution >= 0.6 is 7.82 Å². The molecule has 58 heavy (non-hydrogen) atoms. The highest BCUT2D eigenvalue weighted by Crippen LogP contribution is 2.38. The lowest BCUT2D eigenvalue weighted by Crippen LogP contribution is -2.37. The molecule has 0 aliphatic carbocycles. The lowest BCUT2D eigenvalue weighted by Gasteiger charge is -2.28. The summed E-state index contributed by atoms with van der Waals surface area (Å²) in [7, 11) is 1.16. The van der Waals surface area contributed by atoms with Crippen LogP contribution < -0.4 is 4.89 Å². The number of allylic oxidation sites excluding steroid dienone is 6. The number of likely N-dealkylation sites (N-methyl/N-ethyl adjacent to an activating group) is 1. The first-order chi connectivity index (χ1) is 28.0. The molecule has 1 unspecified atom stereocenters. The number of carbonyl (C=O) groups excluding carboxylic acids is 2. The fourth-order valence-corrected chi connectivity index (χ4v) is 7.11. The van der Waals surface area contributed by atoms with Crippen LogP contribution in [0, 0.1) is 0 Å². The van der Waals surface area contributed by atoms with Gasteiger partial charge in [-0.25, -0.2) is 0 Å². The summed E-state index contributed by atoms with van der Waals surface area (Å²) >= 11 is 0. The smallest absolute Gasteiger partial charge is 0.306 e. The van der Waals surface area contributed by atoms with Gasteiger partial charge in [-0.05, 0) is 70.6 Å². The fraction of sp³-hybridized carbons (Fsp3) is 0.833. The van der Waals surface area contributed by atoms with E-state index < -0.39 is 32.5 Å². The highest BCUT2D eigenvalue weighted by atomic mass is 31.2. The molecule has 0 aromatic heterocycles. The average molecular weight is 840 g/mol. The van der Waals surface area contributed by atoms with E-state index in [1.165, 1.54) is 103 Å². The van der Waals surface area contributed by atoms with Crippen LogP contribution in [0.2, 0.25) is 0 Å². The molecule has 340 valence electrons. The molecule has 0 amide bonds. The number of nitrogens with zero attached hydrogens (tertiary/aromatic N) is 1. The van der Waals surface area contributed by atoms with Gasteiger partial charge in [0.1, 0.15) is 19.8 Å². The molecule has 10 heteroatoms. The summed E-state index contributed by atoms with van der Waals surface area (Å²) in [6.45, 7) is 4.20. The highest BCUT2D eigenvalue weighted by molar-refractivity contribution is 7.45. The normalized spacial score (nSPS) is 13.8. The van der Waals surface area contributed by atoms with Crippen LogP contribution in [0.4, 0.5) is 0 Å². The van der Waals surface area contributed by atoms with Gasteiger partial charge in [0.2, 0.25) is 0 Å². The Kier molecular flexibility index (Phi) is 39.4. The predicted molar refractivity (Wildman–Crippen MR) is 241 cm³/mol. The van der Waals surface area contributed by atoms with E-state index in [-0.39, 0.29) is 26.1 Å². The molecule has 0 radical (unpaired) electrons. The van der Waals surface area contributed by atoms with Crippen molar-refractivity contribution >= 4 is 19.8 Å². The van der Waals surface area contributed by atoms with Crippen molar-refractivity contribution in [2.75, 3.05) is 47.5 Å². The van der Waals surface area contributed by atoms with E-state index in [1.54, 1.807) is 0 Å². The summed E-state index contributed by atoms with van der Waals surface area (Å²) in [5.41, 5.74) is 0. The van der Waals surface area contributed by atoms with Crippen molar-refractivity contribution in [3.8, 4) is 0 Å². The maximum Gasteiger partial charge on any atom is 0.306 e. The standard InChI is InChI=1S/C48H90NO8P/c1-6-8-10-12-14-16-18-20-22-23-24-25-27-29-31-33-35-37-39-41-48(51)57-46(45-56-58(52,53)55-43-42-49(3,4)5)44-54-47(50)40-38-36-34-32-30-28-26-21-19-17-15-13-11-9-7-2/h14,16,20-22,26,46H,6-13,15,17-19,23-25,27-45H2,1-5H3/b16-14+,22-20+,26-21+/t46-/m1/s1. The van der Waals surface area contributed by atoms with Crippen molar-refractivity contribution in [2.45, 2.75) is 213 Å². The van der Waals surface area contributed by atoms with Crippen molar-refractivity contribution in [1.82, 2.24) is 0 Å². The number of esters is 2. The third kappa shape index (κ3) is 43.8. The number of ether oxygens (including phenoxy) is 2. The number of unbranched alkanes of at least 4 members (excludes halogenated alkanes) is 23. The van der Waals surface area contributed by atoms with E-state index in [1.807, 2.05) is 21.1 Å². The van der Waals surface area contributed by atoms with Crippen molar-refractivity contribution in [1.29, 1.82) is 0 Å². The molecule has 0 aliphatic rings. The monoisotopic (exact) mass is 840 g/mol. The Morgan fingerprint density at radius 3 is 1.41 bits per heavy atom. The molecule has 0 N–H and O–H groups in total. The molecule has 0 saturated carbocycles. The van der Waals surface area contributed by atoms with Gasteiger partial charge in [0.05, 0.1) is 27.7 Å². The number of rotatable bonds is 43. The number of carbonyl (C=O) groups is 2. The molecule has 0 rings (SSSR count). The van der Waals surface area contributed by atoms with Crippen LogP contribution in [-0.4, -0.2) is 70.0 Å². The number of phosphoric acid groups is 1. The highest BCUT2D eigenvalue weighted by Gasteiger charge is 2.21. The molecule has 0 aromatic carbocycles. The maximum absolute atomic E-state index is 12.7. The lowest BCUT2D eigenvalue weighted by molar-refractivity contribution is -0.870. The Morgan fingerprint density at radius 1 is 0.534 bits per heavy atom. The summed E-state index contributed by atoms with van der Waals surface area (Å²) in [5.74, 6) is -0.845. The number of quaternary nitrogens is 1. The van der Waals surface area contributed by atoms with E-state index in [0.29, 0.717) is 17.4 Å². The van der Waals surface area contributed by atoms with Crippen LogP contribution in [0.1, 0.15) is 206 Å². The van der Waals surface area contributed by atoms with Gasteiger partial charge in [-0.2, -0.15) is 0 Å². The Bertz CT molecular complexity index is 1090. The number of hydrogen-bond donors (Lipinski definition) is 0. The van der Waals surface area contributed by atoms with Gasteiger partial charge in [-0.3, -0.25) is 14.2 Å². The van der Waals surface area contributed by atoms with Gasteiger partial charge in [0.25, 0.3) is 7.82 Å². The van der Waals surface area contributed by atoms with Crippen molar-refractivity contribution < 1.29 is 42.1 Å². The van der Waals surface area contributed by atoms with E-state index in [2.05, 4.69) is 50.3 Å². The molecule has 0 bridgehead atoms. The Morgan fingerprint density at radius 2 is 0.931 bits per heavy atom. The van der Waals surface area contributed by atoms with Crippen LogP contribution in [0.3, 0.4) is 0 Å². The summed E-state index contributed by atoms with van der Waals surface area (Å²) in [4.78, 5) is 37.6. The predicted octanol–water partition coefficient (Wildman–Crippen LogP) is 13.1. The minimum absolute atomic E-state index is 0.0329. The van der Waals surface area contributed by atoms with E-state index in [0.717, 1.165) is 70.6 Å². The molecule has 0 saturated heterocycles. The Hall–Kier alpha value is -1.77. The minimum atomic E-state index is -4.63. The summed E-state index contributed by atoms with van der Waals surface area (Å²) in [6.07, 6.45) is 45.9. The second kappa shape index (κ2) is 40.6. The lowest BCUT2D eigenvalue weighted by atomic mass is 10.1. The van der Waals surface area contributed by atoms with Crippen molar-refractivity contribution in [3.05, 3.63) is 36.5 Å². The zero-order valence-corrected chi connectivity index (χ0v) is 39.1. The zero-order chi connectivity index (χ0) is 42.8. The first-order valence-corrected chi connectivity index (χ1v) is 25.2. The molecule has 0 spiro atoms. The Labute approximate surface area is 357 Å². The molecule has 0 aromatic rings. The van der Waals surface area contributed by atoms with Crippen LogP contribution in [0.15, 0.2) is 36.5 Å². The SMILES string of the molecule is CCCCC/C=C/C/C=C/CCCCCCCCCCCC(=O)O[C@H](COC(=O)CCCCCCC/C=C/CCCCCCCC)COP(=O)([O-])OCC[N+](C)(C)C. The molecule has 0 fully saturated rings. The van der Waals surface area contributed by atoms with Gasteiger partial charge in [-0.15, -0.1) is 0 Å². The summed E-state index contributed by atoms with van der Waals surface area (Å²) < 4.78 is 34.0. The first-order valence-electron chi connectivity index (χ1n) is 23.7. The minimum Gasteiger partial charge on any atom is -0.756 e. The molecular weight excluding hydrogens is 750 g/mol. The fourth-order valence-electron chi connectivity index (χ4n) is 6.39. The van der Waals surface area contributed by atoms with Crippen molar-refractivity contribution in [3.63, 3.8) is 0 Å². The Balaban J connectivity index is 4.32. The molecular formula is C48H90NO8P. The van der Waals surface area contributed by atoms with E-state index >= 15 is 0 Å². The van der Waals surface area contributed by atoms with E-state index in [9.17, 15) is 19.0 Å². The van der Waals surface area contributed by atoms with E-state index in [4.69, 9.17) is 18.5 Å². The number of phosphoric ester groups is 1. The van der Waals surface area contributed by atoms with Gasteiger partial charge in [-0.1, -0.05) is 159 Å². The summed E-state index contributed by atoms with van der Waals surface area (Å²) in [6, 6.07) is 0. The molecule has 0 aliphatic heterocycles. The van der Waals surface area contributed by atoms with Gasteiger partial charge >= 0.3 is 11.9 Å². The molecule has 2 atom stereocenters. The van der Waals surface area contributed by atoms with Crippen LogP contribution in [0.5, 0.6) is 0 Å². The second-order valence-electron chi connectivity index (χ2n) is 17.1. The molecule has 0 heterocycles. The maximum atomic E-state index is 12.7. The largest absolute Gasteiger partial charge is 0.756 e. The van der Waals surface area contributed by atoms with Crippen LogP contribution in [0.25, 0.3) is 0 Å². The second-order valence-corrected chi connectivity index (χ2v) is 18.5. The third-order valence-corrected chi connectivity index (χ3v) is 11.1. The van der Waals surface area contributed by atoms with Gasteiger partial charge in [0.15, 0.2) is 6.10 Å². The first kappa shape index (κ1) is 56.2. The number of hydrogen-bond acceptors (Lipinski definition) is 8. The van der Waals surface area contributed by atoms with Crippen LogP contribution in [-0.2, 0) is 32.7 Å². The molecule has 9 nitrogen and oxygen atoms in total. The topological polar surface area (TPSA) is 111 Å². The summed E-state index contributed by atoms with van der Waals surface area (Å²) in [5, 5.41) is 0. The quantitative estimate of drug-likeness (QED) is 0.0196. The third-order valence-electron chi connectivity index (χ3n) is 10.1. The van der Waals surface area contributed by atoms with Gasteiger partial charge < -0.3 is 27.9 Å².